The van der Waals surface area contributed by atoms with Gasteiger partial charge in [0.05, 0.1) is 12.3 Å². The maximum absolute atomic E-state index is 12.7. The number of hydrogen-bond acceptors (Lipinski definition) is 2. The van der Waals surface area contributed by atoms with Gasteiger partial charge >= 0.3 is 0 Å². The molecule has 0 aliphatic carbocycles. The van der Waals surface area contributed by atoms with Crippen LogP contribution in [0.3, 0.4) is 0 Å². The number of aliphatic hydroxyl groups is 1. The Hall–Kier alpha value is 0.180. The molecule has 1 aromatic heterocycles. The summed E-state index contributed by atoms with van der Waals surface area (Å²) in [6, 6.07) is 0. The number of rotatable bonds is 3. The van der Waals surface area contributed by atoms with Gasteiger partial charge < -0.3 is 5.11 Å². The normalized spacial score (nSPS) is 11.0. The Morgan fingerprint density at radius 2 is 2.21 bits per heavy atom. The number of alkyl halides is 3. The van der Waals surface area contributed by atoms with Crippen molar-refractivity contribution in [1.82, 2.24) is 4.98 Å². The van der Waals surface area contributed by atoms with Crippen molar-refractivity contribution in [2.45, 2.75) is 18.4 Å². The highest BCUT2D eigenvalue weighted by atomic mass is 127. The Labute approximate surface area is 102 Å². The van der Waals surface area contributed by atoms with Crippen LogP contribution in [-0.2, 0) is 11.9 Å². The second-order valence-corrected chi connectivity index (χ2v) is 4.26. The topological polar surface area (TPSA) is 33.1 Å². The smallest absolute Gasteiger partial charge is 0.266 e. The molecule has 6 heteroatoms. The summed E-state index contributed by atoms with van der Waals surface area (Å²) in [6.07, 6.45) is -1.12. The maximum Gasteiger partial charge on any atom is 0.266 e. The number of pyridine rings is 1. The first kappa shape index (κ1) is 12.3. The van der Waals surface area contributed by atoms with Crippen LogP contribution < -0.4 is 0 Å². The first-order valence-corrected chi connectivity index (χ1v) is 5.93. The molecule has 0 aromatic carbocycles. The van der Waals surface area contributed by atoms with Gasteiger partial charge in [-0.2, -0.15) is 0 Å². The molecule has 1 N–H and O–H groups in total. The van der Waals surface area contributed by atoms with Crippen molar-refractivity contribution in [3.05, 3.63) is 26.6 Å². The summed E-state index contributed by atoms with van der Waals surface area (Å²) < 4.78 is 26.0. The molecular weight excluding hydrogens is 371 g/mol. The number of hydrogen-bond donors (Lipinski definition) is 1. The number of halogens is 4. The Morgan fingerprint density at radius 3 is 2.64 bits per heavy atom. The Balaban J connectivity index is 3.36. The zero-order valence-electron chi connectivity index (χ0n) is 6.98. The number of nitrogens with zero attached hydrogens (tertiary/aromatic N) is 1. The molecule has 2 nitrogen and oxygen atoms in total. The summed E-state index contributed by atoms with van der Waals surface area (Å²) in [7, 11) is 0. The predicted octanol–water partition coefficient (Wildman–Crippen LogP) is 3.01. The third-order valence-electron chi connectivity index (χ3n) is 1.76. The van der Waals surface area contributed by atoms with Crippen LogP contribution >= 0.6 is 38.5 Å². The summed E-state index contributed by atoms with van der Waals surface area (Å²) in [6.45, 7) is -0.462. The summed E-state index contributed by atoms with van der Waals surface area (Å²) in [4.78, 5) is 3.77. The van der Waals surface area contributed by atoms with Crippen molar-refractivity contribution in [3.8, 4) is 0 Å². The van der Waals surface area contributed by atoms with Gasteiger partial charge in [-0.3, -0.25) is 4.98 Å². The van der Waals surface area contributed by atoms with Crippen LogP contribution in [0, 0.1) is 3.57 Å². The average molecular weight is 378 g/mol. The van der Waals surface area contributed by atoms with E-state index in [1.54, 1.807) is 0 Å². The minimum atomic E-state index is -2.60. The molecule has 78 valence electrons. The van der Waals surface area contributed by atoms with Crippen LogP contribution in [0.25, 0.3) is 0 Å². The zero-order chi connectivity index (χ0) is 10.7. The Bertz CT molecular complexity index is 335. The fourth-order valence-corrected chi connectivity index (χ4v) is 2.85. The molecule has 0 radical (unpaired) electrons. The van der Waals surface area contributed by atoms with Crippen molar-refractivity contribution < 1.29 is 13.9 Å². The summed E-state index contributed by atoms with van der Waals surface area (Å²) in [5, 5.41) is 9.20. The van der Waals surface area contributed by atoms with Crippen LogP contribution in [-0.4, -0.2) is 10.1 Å². The van der Waals surface area contributed by atoms with Crippen molar-refractivity contribution in [2.75, 3.05) is 0 Å². The molecule has 1 aromatic rings. The lowest BCUT2D eigenvalue weighted by Crippen LogP contribution is -2.04. The van der Waals surface area contributed by atoms with E-state index in [0.29, 0.717) is 14.5 Å². The Kier molecular flexibility index (Phi) is 4.65. The third-order valence-corrected chi connectivity index (χ3v) is 3.25. The quantitative estimate of drug-likeness (QED) is 0.648. The second-order valence-electron chi connectivity index (χ2n) is 2.54. The number of aliphatic hydroxyl groups excluding tert-OH is 1. The van der Waals surface area contributed by atoms with Gasteiger partial charge in [-0.1, -0.05) is 15.9 Å². The molecular formula is C8H7BrF2INO. The van der Waals surface area contributed by atoms with Gasteiger partial charge in [0.15, 0.2) is 0 Å². The molecule has 0 spiro atoms. The van der Waals surface area contributed by atoms with Gasteiger partial charge in [-0.15, -0.1) is 0 Å². The SMILES string of the molecule is OCc1ncc(I)c(CBr)c1C(F)F. The first-order valence-electron chi connectivity index (χ1n) is 3.73. The van der Waals surface area contributed by atoms with E-state index >= 15 is 0 Å². The third kappa shape index (κ3) is 2.40. The zero-order valence-corrected chi connectivity index (χ0v) is 10.7. The highest BCUT2D eigenvalue weighted by molar-refractivity contribution is 14.1. The molecule has 0 saturated carbocycles. The lowest BCUT2D eigenvalue weighted by molar-refractivity contribution is 0.145. The molecule has 0 amide bonds. The van der Waals surface area contributed by atoms with Crippen LogP contribution in [0.15, 0.2) is 6.20 Å². The van der Waals surface area contributed by atoms with E-state index in [-0.39, 0.29) is 11.3 Å². The van der Waals surface area contributed by atoms with Crippen molar-refractivity contribution in [3.63, 3.8) is 0 Å². The molecule has 0 saturated heterocycles. The van der Waals surface area contributed by atoms with E-state index in [9.17, 15) is 8.78 Å². The minimum absolute atomic E-state index is 0.0508. The molecule has 14 heavy (non-hydrogen) atoms. The predicted molar refractivity (Wildman–Crippen MR) is 60.5 cm³/mol. The molecule has 1 rings (SSSR count). The lowest BCUT2D eigenvalue weighted by atomic mass is 10.1. The minimum Gasteiger partial charge on any atom is -0.390 e. The van der Waals surface area contributed by atoms with Gasteiger partial charge in [0.1, 0.15) is 0 Å². The fourth-order valence-electron chi connectivity index (χ4n) is 1.10. The fraction of sp³-hybridized carbons (Fsp3) is 0.375. The monoisotopic (exact) mass is 377 g/mol. The first-order chi connectivity index (χ1) is 6.61. The van der Waals surface area contributed by atoms with Gasteiger partial charge in [0.2, 0.25) is 0 Å². The number of aromatic nitrogens is 1. The Morgan fingerprint density at radius 1 is 1.57 bits per heavy atom. The van der Waals surface area contributed by atoms with Crippen molar-refractivity contribution in [2.24, 2.45) is 0 Å². The molecule has 1 heterocycles. The second kappa shape index (κ2) is 5.32. The van der Waals surface area contributed by atoms with E-state index in [0.717, 1.165) is 0 Å². The molecule has 0 aliphatic rings. The molecule has 0 aliphatic heterocycles. The molecule has 0 unspecified atom stereocenters. The van der Waals surface area contributed by atoms with Gasteiger partial charge in [-0.25, -0.2) is 8.78 Å². The molecule has 0 fully saturated rings. The van der Waals surface area contributed by atoms with E-state index in [1.165, 1.54) is 6.20 Å². The summed E-state index contributed by atoms with van der Waals surface area (Å²) in [5.74, 6) is 0. The van der Waals surface area contributed by atoms with Gasteiger partial charge in [-0.05, 0) is 28.2 Å². The van der Waals surface area contributed by atoms with Crippen molar-refractivity contribution >= 4 is 38.5 Å². The molecule has 0 atom stereocenters. The van der Waals surface area contributed by atoms with Gasteiger partial charge in [0.25, 0.3) is 6.43 Å². The summed E-state index contributed by atoms with van der Waals surface area (Å²) in [5.41, 5.74) is 0.394. The highest BCUT2D eigenvalue weighted by Crippen LogP contribution is 2.30. The van der Waals surface area contributed by atoms with E-state index in [2.05, 4.69) is 20.9 Å². The van der Waals surface area contributed by atoms with Crippen LogP contribution in [0.1, 0.15) is 23.2 Å². The van der Waals surface area contributed by atoms with Crippen LogP contribution in [0.5, 0.6) is 0 Å². The lowest BCUT2D eigenvalue weighted by Gasteiger charge is -2.11. The average Bonchev–Trinajstić information content (AvgIpc) is 2.17. The standard InChI is InChI=1S/C8H7BrF2INO/c9-1-4-5(12)2-13-6(3-14)7(4)8(10)11/h2,8,14H,1,3H2. The van der Waals surface area contributed by atoms with E-state index in [1.807, 2.05) is 22.6 Å². The highest BCUT2D eigenvalue weighted by Gasteiger charge is 2.20. The van der Waals surface area contributed by atoms with Crippen molar-refractivity contribution in [1.29, 1.82) is 0 Å². The van der Waals surface area contributed by atoms with E-state index in [4.69, 9.17) is 5.11 Å². The van der Waals surface area contributed by atoms with E-state index < -0.39 is 13.0 Å². The van der Waals surface area contributed by atoms with Crippen LogP contribution in [0.2, 0.25) is 0 Å². The van der Waals surface area contributed by atoms with Crippen LogP contribution in [0.4, 0.5) is 8.78 Å². The molecule has 0 bridgehead atoms. The largest absolute Gasteiger partial charge is 0.390 e. The van der Waals surface area contributed by atoms with Gasteiger partial charge in [0, 0.05) is 20.7 Å². The maximum atomic E-state index is 12.7. The summed E-state index contributed by atoms with van der Waals surface area (Å²) >= 11 is 5.09.